The van der Waals surface area contributed by atoms with Crippen molar-refractivity contribution in [3.05, 3.63) is 69.4 Å². The number of aryl methyl sites for hydroxylation is 2. The lowest BCUT2D eigenvalue weighted by atomic mass is 10.00. The van der Waals surface area contributed by atoms with Crippen LogP contribution in [0.15, 0.2) is 51.4 Å². The van der Waals surface area contributed by atoms with Crippen molar-refractivity contribution in [3.63, 3.8) is 0 Å². The van der Waals surface area contributed by atoms with E-state index in [-0.39, 0.29) is 5.78 Å². The van der Waals surface area contributed by atoms with Crippen LogP contribution >= 0.6 is 15.9 Å². The van der Waals surface area contributed by atoms with E-state index < -0.39 is 0 Å². The highest BCUT2D eigenvalue weighted by Crippen LogP contribution is 2.27. The van der Waals surface area contributed by atoms with Gasteiger partial charge in [-0.25, -0.2) is 0 Å². The molecule has 0 spiro atoms. The Balaban J connectivity index is 1.93. The molecule has 0 N–H and O–H groups in total. The van der Waals surface area contributed by atoms with Crippen molar-refractivity contribution in [2.75, 3.05) is 0 Å². The molecular formula is C18H15BrO2. The summed E-state index contributed by atoms with van der Waals surface area (Å²) in [7, 11) is 0. The van der Waals surface area contributed by atoms with Crippen molar-refractivity contribution in [3.8, 4) is 0 Å². The van der Waals surface area contributed by atoms with Crippen molar-refractivity contribution in [1.29, 1.82) is 0 Å². The van der Waals surface area contributed by atoms with Crippen LogP contribution in [-0.2, 0) is 6.42 Å². The van der Waals surface area contributed by atoms with Gasteiger partial charge in [0.25, 0.3) is 0 Å². The van der Waals surface area contributed by atoms with Crippen LogP contribution in [0, 0.1) is 13.8 Å². The van der Waals surface area contributed by atoms with E-state index in [0.717, 1.165) is 32.1 Å². The first kappa shape index (κ1) is 14.1. The van der Waals surface area contributed by atoms with Gasteiger partial charge in [0.15, 0.2) is 5.76 Å². The molecule has 0 aliphatic carbocycles. The number of para-hydroxylation sites is 1. The summed E-state index contributed by atoms with van der Waals surface area (Å²) >= 11 is 3.44. The second-order valence-electron chi connectivity index (χ2n) is 5.30. The maximum atomic E-state index is 12.4. The van der Waals surface area contributed by atoms with E-state index in [4.69, 9.17) is 4.42 Å². The van der Waals surface area contributed by atoms with Gasteiger partial charge in [0.2, 0.25) is 5.78 Å². The zero-order valence-electron chi connectivity index (χ0n) is 11.9. The second kappa shape index (κ2) is 5.49. The number of hydrogen-bond acceptors (Lipinski definition) is 2. The number of ketones is 1. The third kappa shape index (κ3) is 2.79. The van der Waals surface area contributed by atoms with Crippen LogP contribution in [0.4, 0.5) is 0 Å². The molecular weight excluding hydrogens is 328 g/mol. The van der Waals surface area contributed by atoms with Crippen LogP contribution in [0.3, 0.4) is 0 Å². The Bertz CT molecular complexity index is 830. The number of fused-ring (bicyclic) bond motifs is 1. The Labute approximate surface area is 131 Å². The standard InChI is InChI=1S/C18H15BrO2/c1-11-6-7-12(2)14(8-11)9-16(20)17-10-13-4-3-5-15(19)18(13)21-17/h3-8,10H,9H2,1-2H3. The van der Waals surface area contributed by atoms with E-state index in [1.54, 1.807) is 0 Å². The van der Waals surface area contributed by atoms with E-state index in [0.29, 0.717) is 12.2 Å². The highest BCUT2D eigenvalue weighted by molar-refractivity contribution is 9.10. The third-order valence-corrected chi connectivity index (χ3v) is 4.25. The first-order valence-corrected chi connectivity index (χ1v) is 7.61. The van der Waals surface area contributed by atoms with Crippen LogP contribution < -0.4 is 0 Å². The van der Waals surface area contributed by atoms with Gasteiger partial charge in [-0.1, -0.05) is 35.9 Å². The molecule has 0 saturated heterocycles. The summed E-state index contributed by atoms with van der Waals surface area (Å²) in [6, 6.07) is 13.8. The van der Waals surface area contributed by atoms with Crippen LogP contribution in [0.5, 0.6) is 0 Å². The second-order valence-corrected chi connectivity index (χ2v) is 6.15. The molecule has 0 unspecified atom stereocenters. The maximum Gasteiger partial charge on any atom is 0.202 e. The first-order valence-electron chi connectivity index (χ1n) is 6.82. The van der Waals surface area contributed by atoms with Crippen molar-refractivity contribution < 1.29 is 9.21 Å². The van der Waals surface area contributed by atoms with Gasteiger partial charge in [-0.05, 0) is 53.0 Å². The number of carbonyl (C=O) groups is 1. The number of carbonyl (C=O) groups excluding carboxylic acids is 1. The predicted octanol–water partition coefficient (Wildman–Crippen LogP) is 5.24. The van der Waals surface area contributed by atoms with Crippen LogP contribution in [0.1, 0.15) is 27.2 Å². The van der Waals surface area contributed by atoms with Crippen molar-refractivity contribution >= 4 is 32.7 Å². The average Bonchev–Trinajstić information content (AvgIpc) is 2.88. The number of furan rings is 1. The minimum Gasteiger partial charge on any atom is -0.452 e. The van der Waals surface area contributed by atoms with Gasteiger partial charge in [0.1, 0.15) is 5.58 Å². The molecule has 0 radical (unpaired) electrons. The topological polar surface area (TPSA) is 30.2 Å². The van der Waals surface area contributed by atoms with Crippen molar-refractivity contribution in [2.45, 2.75) is 20.3 Å². The highest BCUT2D eigenvalue weighted by Gasteiger charge is 2.15. The van der Waals surface area contributed by atoms with Gasteiger partial charge in [-0.15, -0.1) is 0 Å². The Morgan fingerprint density at radius 3 is 2.71 bits per heavy atom. The van der Waals surface area contributed by atoms with Gasteiger partial charge in [0, 0.05) is 11.8 Å². The van der Waals surface area contributed by atoms with Crippen molar-refractivity contribution in [1.82, 2.24) is 0 Å². The molecule has 0 atom stereocenters. The fraction of sp³-hybridized carbons (Fsp3) is 0.167. The fourth-order valence-corrected chi connectivity index (χ4v) is 2.88. The Morgan fingerprint density at radius 1 is 1.14 bits per heavy atom. The third-order valence-electron chi connectivity index (χ3n) is 3.63. The molecule has 0 saturated carbocycles. The van der Waals surface area contributed by atoms with E-state index in [9.17, 15) is 4.79 Å². The summed E-state index contributed by atoms with van der Waals surface area (Å²) in [5.41, 5.74) is 4.07. The Morgan fingerprint density at radius 2 is 1.95 bits per heavy atom. The zero-order chi connectivity index (χ0) is 15.0. The Kier molecular flexibility index (Phi) is 3.68. The number of rotatable bonds is 3. The molecule has 2 aromatic carbocycles. The largest absolute Gasteiger partial charge is 0.452 e. The lowest BCUT2D eigenvalue weighted by Crippen LogP contribution is -2.03. The summed E-state index contributed by atoms with van der Waals surface area (Å²) in [6.45, 7) is 4.06. The molecule has 3 aromatic rings. The van der Waals surface area contributed by atoms with E-state index in [1.807, 2.05) is 44.2 Å². The van der Waals surface area contributed by atoms with E-state index >= 15 is 0 Å². The average molecular weight is 343 g/mol. The fourth-order valence-electron chi connectivity index (χ4n) is 2.42. The van der Waals surface area contributed by atoms with Crippen LogP contribution in [-0.4, -0.2) is 5.78 Å². The summed E-state index contributed by atoms with van der Waals surface area (Å²) < 4.78 is 6.57. The number of benzene rings is 2. The van der Waals surface area contributed by atoms with Crippen molar-refractivity contribution in [2.24, 2.45) is 0 Å². The maximum absolute atomic E-state index is 12.4. The summed E-state index contributed by atoms with van der Waals surface area (Å²) in [5.74, 6) is 0.421. The molecule has 106 valence electrons. The summed E-state index contributed by atoms with van der Waals surface area (Å²) in [5, 5.41) is 0.939. The molecule has 0 fully saturated rings. The molecule has 0 amide bonds. The first-order chi connectivity index (χ1) is 10.0. The van der Waals surface area contributed by atoms with Gasteiger partial charge < -0.3 is 4.42 Å². The van der Waals surface area contributed by atoms with Gasteiger partial charge >= 0.3 is 0 Å². The normalized spacial score (nSPS) is 11.0. The Hall–Kier alpha value is -1.87. The molecule has 2 nitrogen and oxygen atoms in total. The lowest BCUT2D eigenvalue weighted by Gasteiger charge is -2.05. The van der Waals surface area contributed by atoms with Gasteiger partial charge in [-0.2, -0.15) is 0 Å². The SMILES string of the molecule is Cc1ccc(C)c(CC(=O)c2cc3cccc(Br)c3o2)c1. The van der Waals surface area contributed by atoms with Crippen LogP contribution in [0.2, 0.25) is 0 Å². The molecule has 21 heavy (non-hydrogen) atoms. The highest BCUT2D eigenvalue weighted by atomic mass is 79.9. The molecule has 1 heterocycles. The number of hydrogen-bond donors (Lipinski definition) is 0. The molecule has 1 aromatic heterocycles. The predicted molar refractivity (Wildman–Crippen MR) is 87.9 cm³/mol. The summed E-state index contributed by atoms with van der Waals surface area (Å²) in [6.07, 6.45) is 0.366. The van der Waals surface area contributed by atoms with Crippen LogP contribution in [0.25, 0.3) is 11.0 Å². The zero-order valence-corrected chi connectivity index (χ0v) is 13.5. The summed E-state index contributed by atoms with van der Waals surface area (Å²) in [4.78, 5) is 12.4. The number of halogens is 1. The minimum absolute atomic E-state index is 0.00630. The lowest BCUT2D eigenvalue weighted by molar-refractivity contribution is 0.0968. The monoisotopic (exact) mass is 342 g/mol. The molecule has 0 aliphatic rings. The minimum atomic E-state index is 0.00630. The molecule has 0 bridgehead atoms. The van der Waals surface area contributed by atoms with E-state index in [2.05, 4.69) is 28.1 Å². The van der Waals surface area contributed by atoms with E-state index in [1.165, 1.54) is 0 Å². The molecule has 3 rings (SSSR count). The molecule has 3 heteroatoms. The van der Waals surface area contributed by atoms with Gasteiger partial charge in [-0.3, -0.25) is 4.79 Å². The van der Waals surface area contributed by atoms with Gasteiger partial charge in [0.05, 0.1) is 4.47 Å². The quantitative estimate of drug-likeness (QED) is 0.609. The number of Topliss-reactive ketones (excluding diaryl/α,β-unsaturated/α-hetero) is 1. The smallest absolute Gasteiger partial charge is 0.202 e. The molecule has 0 aliphatic heterocycles.